The van der Waals surface area contributed by atoms with E-state index in [1.54, 1.807) is 24.4 Å². The Labute approximate surface area is 186 Å². The average molecular weight is 456 g/mol. The van der Waals surface area contributed by atoms with Crippen molar-refractivity contribution in [3.8, 4) is 17.0 Å². The minimum atomic E-state index is -4.56. The number of halogens is 4. The SMILES string of the molecule is Nc1nccn2c(C3CCC3)nc(-c3cccc(OCc4cc(C(F)(F)F)ccc4F)c3)c12. The van der Waals surface area contributed by atoms with Crippen molar-refractivity contribution in [2.45, 2.75) is 38.0 Å². The number of rotatable bonds is 5. The molecule has 5 rings (SSSR count). The number of imidazole rings is 1. The van der Waals surface area contributed by atoms with Gasteiger partial charge in [-0.25, -0.2) is 14.4 Å². The Kier molecular flexibility index (Phi) is 5.19. The first-order valence-electron chi connectivity index (χ1n) is 10.5. The second kappa shape index (κ2) is 8.06. The van der Waals surface area contributed by atoms with Crippen molar-refractivity contribution in [3.05, 3.63) is 77.6 Å². The Morgan fingerprint density at radius 3 is 2.67 bits per heavy atom. The summed E-state index contributed by atoms with van der Waals surface area (Å²) < 4.78 is 60.6. The molecule has 0 spiro atoms. The number of fused-ring (bicyclic) bond motifs is 1. The van der Waals surface area contributed by atoms with Gasteiger partial charge in [0.05, 0.1) is 5.56 Å². The van der Waals surface area contributed by atoms with Crippen LogP contribution in [0, 0.1) is 5.82 Å². The molecule has 33 heavy (non-hydrogen) atoms. The molecule has 170 valence electrons. The number of anilines is 1. The first kappa shape index (κ1) is 21.2. The first-order valence-corrected chi connectivity index (χ1v) is 10.5. The van der Waals surface area contributed by atoms with Crippen LogP contribution in [0.1, 0.15) is 42.1 Å². The standard InChI is InChI=1S/C24H20F4N4O/c25-19-8-7-17(24(26,27)28)11-16(19)13-33-18-6-2-5-15(12-18)20-21-22(29)30-9-10-32(21)23(31-20)14-3-1-4-14/h2,5-12,14H,1,3-4,13H2,(H2,29,30). The van der Waals surface area contributed by atoms with Crippen LogP contribution in [-0.2, 0) is 12.8 Å². The summed E-state index contributed by atoms with van der Waals surface area (Å²) in [6.07, 6.45) is 2.20. The summed E-state index contributed by atoms with van der Waals surface area (Å²) in [5.74, 6) is 1.25. The molecule has 9 heteroatoms. The lowest BCUT2D eigenvalue weighted by Gasteiger charge is -2.23. The Bertz CT molecular complexity index is 1330. The number of hydrogen-bond acceptors (Lipinski definition) is 4. The second-order valence-corrected chi connectivity index (χ2v) is 8.10. The summed E-state index contributed by atoms with van der Waals surface area (Å²) >= 11 is 0. The zero-order valence-corrected chi connectivity index (χ0v) is 17.4. The fourth-order valence-corrected chi connectivity index (χ4v) is 4.00. The van der Waals surface area contributed by atoms with Crippen molar-refractivity contribution in [1.82, 2.24) is 14.4 Å². The van der Waals surface area contributed by atoms with E-state index in [9.17, 15) is 17.6 Å². The molecule has 2 N–H and O–H groups in total. The first-order chi connectivity index (χ1) is 15.8. The fourth-order valence-electron chi connectivity index (χ4n) is 4.00. The van der Waals surface area contributed by atoms with Crippen LogP contribution in [0.4, 0.5) is 23.4 Å². The minimum absolute atomic E-state index is 0.177. The number of hydrogen-bond donors (Lipinski definition) is 1. The highest BCUT2D eigenvalue weighted by Gasteiger charge is 2.31. The number of ether oxygens (including phenoxy) is 1. The van der Waals surface area contributed by atoms with E-state index in [1.165, 1.54) is 0 Å². The van der Waals surface area contributed by atoms with Gasteiger partial charge in [0.2, 0.25) is 0 Å². The molecule has 1 saturated carbocycles. The van der Waals surface area contributed by atoms with Gasteiger partial charge in [-0.15, -0.1) is 0 Å². The van der Waals surface area contributed by atoms with E-state index in [1.807, 2.05) is 16.7 Å². The fraction of sp³-hybridized carbons (Fsp3) is 0.250. The molecule has 0 amide bonds. The van der Waals surface area contributed by atoms with Crippen LogP contribution in [0.5, 0.6) is 5.75 Å². The number of nitrogen functional groups attached to an aromatic ring is 1. The number of benzene rings is 2. The number of aromatic nitrogens is 3. The van der Waals surface area contributed by atoms with Gasteiger partial charge in [-0.3, -0.25) is 4.40 Å². The van der Waals surface area contributed by atoms with Crippen molar-refractivity contribution in [1.29, 1.82) is 0 Å². The van der Waals surface area contributed by atoms with Crippen molar-refractivity contribution in [3.63, 3.8) is 0 Å². The minimum Gasteiger partial charge on any atom is -0.489 e. The van der Waals surface area contributed by atoms with Gasteiger partial charge in [0.25, 0.3) is 0 Å². The topological polar surface area (TPSA) is 65.4 Å². The third-order valence-corrected chi connectivity index (χ3v) is 5.96. The molecule has 0 radical (unpaired) electrons. The van der Waals surface area contributed by atoms with E-state index < -0.39 is 17.6 Å². The Hall–Kier alpha value is -3.62. The zero-order valence-electron chi connectivity index (χ0n) is 17.4. The van der Waals surface area contributed by atoms with Gasteiger partial charge in [-0.1, -0.05) is 18.6 Å². The Balaban J connectivity index is 1.46. The highest BCUT2D eigenvalue weighted by atomic mass is 19.4. The molecule has 5 nitrogen and oxygen atoms in total. The van der Waals surface area contributed by atoms with Crippen LogP contribution in [0.15, 0.2) is 54.9 Å². The molecule has 0 saturated heterocycles. The molecule has 0 bridgehead atoms. The summed E-state index contributed by atoms with van der Waals surface area (Å²) in [5, 5.41) is 0. The van der Waals surface area contributed by atoms with Crippen LogP contribution in [0.25, 0.3) is 16.8 Å². The van der Waals surface area contributed by atoms with Gasteiger partial charge in [-0.2, -0.15) is 13.2 Å². The molecule has 1 fully saturated rings. The van der Waals surface area contributed by atoms with Gasteiger partial charge in [-0.05, 0) is 43.2 Å². The number of alkyl halides is 3. The van der Waals surface area contributed by atoms with Gasteiger partial charge in [0.15, 0.2) is 0 Å². The van der Waals surface area contributed by atoms with E-state index in [-0.39, 0.29) is 12.2 Å². The maximum Gasteiger partial charge on any atom is 0.416 e. The van der Waals surface area contributed by atoms with Gasteiger partial charge >= 0.3 is 6.18 Å². The highest BCUT2D eigenvalue weighted by molar-refractivity contribution is 5.85. The van der Waals surface area contributed by atoms with Crippen LogP contribution in [0.2, 0.25) is 0 Å². The predicted molar refractivity (Wildman–Crippen MR) is 115 cm³/mol. The van der Waals surface area contributed by atoms with E-state index in [2.05, 4.69) is 4.98 Å². The van der Waals surface area contributed by atoms with Crippen LogP contribution in [-0.4, -0.2) is 14.4 Å². The number of nitrogens with zero attached hydrogens (tertiary/aromatic N) is 3. The quantitative estimate of drug-likeness (QED) is 0.375. The second-order valence-electron chi connectivity index (χ2n) is 8.10. The molecule has 0 aliphatic heterocycles. The van der Waals surface area contributed by atoms with Gasteiger partial charge < -0.3 is 10.5 Å². The Morgan fingerprint density at radius 1 is 1.12 bits per heavy atom. The molecule has 2 aromatic heterocycles. The van der Waals surface area contributed by atoms with E-state index >= 15 is 0 Å². The van der Waals surface area contributed by atoms with Gasteiger partial charge in [0, 0.05) is 29.4 Å². The summed E-state index contributed by atoms with van der Waals surface area (Å²) in [7, 11) is 0. The van der Waals surface area contributed by atoms with E-state index in [0.717, 1.165) is 42.8 Å². The average Bonchev–Trinajstić information content (AvgIpc) is 3.12. The lowest BCUT2D eigenvalue weighted by atomic mass is 9.85. The third-order valence-electron chi connectivity index (χ3n) is 5.96. The summed E-state index contributed by atoms with van der Waals surface area (Å²) in [4.78, 5) is 9.06. The number of nitrogens with two attached hydrogens (primary N) is 1. The molecule has 2 heterocycles. The monoisotopic (exact) mass is 456 g/mol. The Morgan fingerprint density at radius 2 is 1.94 bits per heavy atom. The normalized spacial score (nSPS) is 14.4. The largest absolute Gasteiger partial charge is 0.489 e. The van der Waals surface area contributed by atoms with Crippen molar-refractivity contribution in [2.24, 2.45) is 0 Å². The lowest BCUT2D eigenvalue weighted by molar-refractivity contribution is -0.137. The molecule has 4 aromatic rings. The highest BCUT2D eigenvalue weighted by Crippen LogP contribution is 2.39. The van der Waals surface area contributed by atoms with Crippen molar-refractivity contribution in [2.75, 3.05) is 5.73 Å². The summed E-state index contributed by atoms with van der Waals surface area (Å²) in [6, 6.07) is 9.23. The molecule has 1 aliphatic rings. The van der Waals surface area contributed by atoms with Crippen molar-refractivity contribution < 1.29 is 22.3 Å². The third kappa shape index (κ3) is 3.99. The molecule has 2 aromatic carbocycles. The van der Waals surface area contributed by atoms with Crippen molar-refractivity contribution >= 4 is 11.3 Å². The maximum absolute atomic E-state index is 14.1. The molecule has 0 unspecified atom stereocenters. The summed E-state index contributed by atoms with van der Waals surface area (Å²) in [6.45, 7) is -0.347. The lowest BCUT2D eigenvalue weighted by Crippen LogP contribution is -2.12. The molecule has 0 atom stereocenters. The van der Waals surface area contributed by atoms with Crippen LogP contribution >= 0.6 is 0 Å². The van der Waals surface area contributed by atoms with E-state index in [0.29, 0.717) is 34.8 Å². The van der Waals surface area contributed by atoms with Crippen LogP contribution in [0.3, 0.4) is 0 Å². The summed E-state index contributed by atoms with van der Waals surface area (Å²) in [5.41, 5.74) is 7.14. The molecule has 1 aliphatic carbocycles. The molecular weight excluding hydrogens is 436 g/mol. The predicted octanol–water partition coefficient (Wildman–Crippen LogP) is 5.98. The van der Waals surface area contributed by atoms with E-state index in [4.69, 9.17) is 15.5 Å². The zero-order chi connectivity index (χ0) is 23.2. The van der Waals surface area contributed by atoms with Gasteiger partial charge in [0.1, 0.15) is 41.0 Å². The smallest absolute Gasteiger partial charge is 0.416 e. The van der Waals surface area contributed by atoms with Crippen LogP contribution < -0.4 is 10.5 Å². The maximum atomic E-state index is 14.1. The molecular formula is C24H20F4N4O.